The predicted octanol–water partition coefficient (Wildman–Crippen LogP) is 4.55. The summed E-state index contributed by atoms with van der Waals surface area (Å²) in [6, 6.07) is 3.60. The van der Waals surface area contributed by atoms with E-state index in [2.05, 4.69) is 0 Å². The van der Waals surface area contributed by atoms with E-state index in [1.807, 2.05) is 0 Å². The van der Waals surface area contributed by atoms with Crippen molar-refractivity contribution in [2.45, 2.75) is 37.9 Å². The average molecular weight is 278 g/mol. The molecule has 100 valence electrons. The maximum atomic E-state index is 12.6. The van der Waals surface area contributed by atoms with E-state index in [1.165, 1.54) is 12.1 Å². The van der Waals surface area contributed by atoms with Crippen molar-refractivity contribution in [2.24, 2.45) is 11.7 Å². The van der Waals surface area contributed by atoms with Gasteiger partial charge in [-0.3, -0.25) is 0 Å². The molecular weight excluding hydrogens is 263 g/mol. The van der Waals surface area contributed by atoms with Crippen molar-refractivity contribution >= 4 is 11.6 Å². The van der Waals surface area contributed by atoms with E-state index in [1.54, 1.807) is 0 Å². The Morgan fingerprint density at radius 1 is 1.22 bits per heavy atom. The van der Waals surface area contributed by atoms with Gasteiger partial charge < -0.3 is 5.73 Å². The maximum absolute atomic E-state index is 12.6. The van der Waals surface area contributed by atoms with E-state index in [0.717, 1.165) is 31.7 Å². The monoisotopic (exact) mass is 277 g/mol. The van der Waals surface area contributed by atoms with Crippen LogP contribution in [0.15, 0.2) is 18.2 Å². The van der Waals surface area contributed by atoms with Crippen LogP contribution in [-0.2, 0) is 6.18 Å². The van der Waals surface area contributed by atoms with Gasteiger partial charge in [0, 0.05) is 6.04 Å². The SMILES string of the molecule is N[C@H](c1ccc(C(F)(F)F)c(Cl)c1)C1CCCC1. The lowest BCUT2D eigenvalue weighted by molar-refractivity contribution is -0.137. The lowest BCUT2D eigenvalue weighted by Crippen LogP contribution is -2.19. The number of nitrogens with two attached hydrogens (primary N) is 1. The van der Waals surface area contributed by atoms with Gasteiger partial charge in [0.25, 0.3) is 0 Å². The molecule has 2 N–H and O–H groups in total. The number of hydrogen-bond acceptors (Lipinski definition) is 1. The van der Waals surface area contributed by atoms with Crippen LogP contribution in [0, 0.1) is 5.92 Å². The summed E-state index contributed by atoms with van der Waals surface area (Å²) in [4.78, 5) is 0. The highest BCUT2D eigenvalue weighted by atomic mass is 35.5. The molecule has 1 nitrogen and oxygen atoms in total. The van der Waals surface area contributed by atoms with Crippen molar-refractivity contribution in [3.63, 3.8) is 0 Å². The lowest BCUT2D eigenvalue weighted by atomic mass is 9.92. The van der Waals surface area contributed by atoms with Crippen molar-refractivity contribution in [3.8, 4) is 0 Å². The van der Waals surface area contributed by atoms with Crippen LogP contribution in [0.2, 0.25) is 5.02 Å². The third-order valence-corrected chi connectivity index (χ3v) is 3.90. The van der Waals surface area contributed by atoms with Gasteiger partial charge in [0.2, 0.25) is 0 Å². The predicted molar refractivity (Wildman–Crippen MR) is 65.3 cm³/mol. The number of rotatable bonds is 2. The van der Waals surface area contributed by atoms with Crippen molar-refractivity contribution in [2.75, 3.05) is 0 Å². The van der Waals surface area contributed by atoms with Crippen molar-refractivity contribution < 1.29 is 13.2 Å². The minimum Gasteiger partial charge on any atom is -0.324 e. The molecule has 18 heavy (non-hydrogen) atoms. The summed E-state index contributed by atoms with van der Waals surface area (Å²) < 4.78 is 37.7. The zero-order chi connectivity index (χ0) is 13.3. The van der Waals surface area contributed by atoms with Crippen LogP contribution in [0.5, 0.6) is 0 Å². The normalized spacial score (nSPS) is 19.2. The molecule has 0 radical (unpaired) electrons. The van der Waals surface area contributed by atoms with Crippen molar-refractivity contribution in [1.29, 1.82) is 0 Å². The van der Waals surface area contributed by atoms with Gasteiger partial charge in [-0.1, -0.05) is 30.5 Å². The fourth-order valence-corrected chi connectivity index (χ4v) is 2.85. The molecule has 5 heteroatoms. The molecule has 0 bridgehead atoms. The third kappa shape index (κ3) is 2.81. The number of alkyl halides is 3. The molecule has 1 aliphatic carbocycles. The van der Waals surface area contributed by atoms with E-state index in [0.29, 0.717) is 11.5 Å². The number of hydrogen-bond donors (Lipinski definition) is 1. The molecule has 0 saturated heterocycles. The lowest BCUT2D eigenvalue weighted by Gasteiger charge is -2.20. The molecule has 1 aliphatic rings. The fraction of sp³-hybridized carbons (Fsp3) is 0.538. The molecule has 0 heterocycles. The first-order chi connectivity index (χ1) is 8.39. The summed E-state index contributed by atoms with van der Waals surface area (Å²) in [5.74, 6) is 0.359. The molecule has 0 aromatic heterocycles. The molecule has 1 aromatic carbocycles. The van der Waals surface area contributed by atoms with Crippen LogP contribution < -0.4 is 5.73 Å². The highest BCUT2D eigenvalue weighted by molar-refractivity contribution is 6.31. The summed E-state index contributed by atoms with van der Waals surface area (Å²) in [5, 5.41) is -0.270. The van der Waals surface area contributed by atoms with Crippen LogP contribution in [0.1, 0.15) is 42.9 Å². The minimum atomic E-state index is -4.41. The molecule has 1 fully saturated rings. The van der Waals surface area contributed by atoms with Crippen LogP contribution in [0.4, 0.5) is 13.2 Å². The smallest absolute Gasteiger partial charge is 0.324 e. The Morgan fingerprint density at radius 3 is 2.33 bits per heavy atom. The van der Waals surface area contributed by atoms with Gasteiger partial charge in [0.1, 0.15) is 0 Å². The Labute approximate surface area is 109 Å². The number of benzene rings is 1. The molecule has 0 spiro atoms. The van der Waals surface area contributed by atoms with Gasteiger partial charge in [0.05, 0.1) is 10.6 Å². The van der Waals surface area contributed by atoms with Crippen molar-refractivity contribution in [1.82, 2.24) is 0 Å². The first-order valence-corrected chi connectivity index (χ1v) is 6.39. The second-order valence-corrected chi connectivity index (χ2v) is 5.21. The molecule has 0 unspecified atom stereocenters. The highest BCUT2D eigenvalue weighted by Crippen LogP contribution is 2.38. The molecule has 1 saturated carbocycles. The zero-order valence-corrected chi connectivity index (χ0v) is 10.6. The summed E-state index contributed by atoms with van der Waals surface area (Å²) in [6.07, 6.45) is -0.0356. The Morgan fingerprint density at radius 2 is 1.83 bits per heavy atom. The second-order valence-electron chi connectivity index (χ2n) is 4.81. The summed E-state index contributed by atoms with van der Waals surface area (Å²) in [5.41, 5.74) is 5.98. The Kier molecular flexibility index (Phi) is 3.87. The highest BCUT2D eigenvalue weighted by Gasteiger charge is 2.33. The minimum absolute atomic E-state index is 0.215. The molecule has 2 rings (SSSR count). The maximum Gasteiger partial charge on any atom is 0.417 e. The number of halogens is 4. The van der Waals surface area contributed by atoms with E-state index >= 15 is 0 Å². The first-order valence-electron chi connectivity index (χ1n) is 6.02. The van der Waals surface area contributed by atoms with Crippen LogP contribution in [-0.4, -0.2) is 0 Å². The Bertz CT molecular complexity index is 425. The largest absolute Gasteiger partial charge is 0.417 e. The molecule has 1 aromatic rings. The van der Waals surface area contributed by atoms with Gasteiger partial charge in [0.15, 0.2) is 0 Å². The average Bonchev–Trinajstić information content (AvgIpc) is 2.79. The van der Waals surface area contributed by atoms with Gasteiger partial charge in [-0.05, 0) is 36.5 Å². The van der Waals surface area contributed by atoms with Gasteiger partial charge >= 0.3 is 6.18 Å². The van der Waals surface area contributed by atoms with E-state index < -0.39 is 11.7 Å². The van der Waals surface area contributed by atoms with Crippen molar-refractivity contribution in [3.05, 3.63) is 34.3 Å². The summed E-state index contributed by atoms with van der Waals surface area (Å²) in [7, 11) is 0. The topological polar surface area (TPSA) is 26.0 Å². The molecule has 0 aliphatic heterocycles. The summed E-state index contributed by atoms with van der Waals surface area (Å²) in [6.45, 7) is 0. The van der Waals surface area contributed by atoms with Crippen LogP contribution >= 0.6 is 11.6 Å². The molecule has 0 amide bonds. The Balaban J connectivity index is 2.23. The molecular formula is C13H15ClF3N. The Hall–Kier alpha value is -0.740. The zero-order valence-electron chi connectivity index (χ0n) is 9.80. The third-order valence-electron chi connectivity index (χ3n) is 3.59. The first kappa shape index (κ1) is 13.7. The van der Waals surface area contributed by atoms with Gasteiger partial charge in [-0.25, -0.2) is 0 Å². The van der Waals surface area contributed by atoms with Crippen LogP contribution in [0.25, 0.3) is 0 Å². The van der Waals surface area contributed by atoms with E-state index in [9.17, 15) is 13.2 Å². The molecule has 1 atom stereocenters. The quantitative estimate of drug-likeness (QED) is 0.843. The standard InChI is InChI=1S/C13H15ClF3N/c14-11-7-9(5-6-10(11)13(15,16)17)12(18)8-3-1-2-4-8/h5-8,12H,1-4,18H2/t12-/m0/s1. The second kappa shape index (κ2) is 5.10. The fourth-order valence-electron chi connectivity index (χ4n) is 2.56. The van der Waals surface area contributed by atoms with Gasteiger partial charge in [-0.2, -0.15) is 13.2 Å². The van der Waals surface area contributed by atoms with Gasteiger partial charge in [-0.15, -0.1) is 0 Å². The van der Waals surface area contributed by atoms with E-state index in [-0.39, 0.29) is 11.1 Å². The summed E-state index contributed by atoms with van der Waals surface area (Å²) >= 11 is 5.69. The van der Waals surface area contributed by atoms with E-state index in [4.69, 9.17) is 17.3 Å². The van der Waals surface area contributed by atoms with Crippen LogP contribution in [0.3, 0.4) is 0 Å².